The van der Waals surface area contributed by atoms with Crippen molar-refractivity contribution in [2.45, 2.75) is 13.3 Å². The Morgan fingerprint density at radius 3 is 2.25 bits per heavy atom. The molecule has 0 radical (unpaired) electrons. The number of amides is 2. The summed E-state index contributed by atoms with van der Waals surface area (Å²) in [4.78, 5) is 28.5. The SMILES string of the molecule is C[C@H]1C[C@@H]1C(=O)Nc1ccc(C(=O)N2CCN(c3ccccc3F)CC2)cc1. The van der Waals surface area contributed by atoms with Gasteiger partial charge in [0, 0.05) is 43.3 Å². The first-order valence-electron chi connectivity index (χ1n) is 9.72. The minimum atomic E-state index is -0.236. The van der Waals surface area contributed by atoms with Crippen molar-refractivity contribution in [1.82, 2.24) is 4.90 Å². The van der Waals surface area contributed by atoms with E-state index in [1.54, 1.807) is 41.3 Å². The van der Waals surface area contributed by atoms with E-state index in [4.69, 9.17) is 0 Å². The van der Waals surface area contributed by atoms with Crippen molar-refractivity contribution in [3.05, 3.63) is 59.9 Å². The molecule has 2 amide bonds. The monoisotopic (exact) mass is 381 g/mol. The first kappa shape index (κ1) is 18.5. The van der Waals surface area contributed by atoms with Gasteiger partial charge in [0.1, 0.15) is 5.82 Å². The number of hydrogen-bond acceptors (Lipinski definition) is 3. The van der Waals surface area contributed by atoms with Crippen LogP contribution in [0, 0.1) is 17.7 Å². The zero-order chi connectivity index (χ0) is 19.7. The molecule has 0 spiro atoms. The molecule has 0 aromatic heterocycles. The van der Waals surface area contributed by atoms with Crippen LogP contribution in [0.2, 0.25) is 0 Å². The summed E-state index contributed by atoms with van der Waals surface area (Å²) >= 11 is 0. The molecule has 146 valence electrons. The number of piperazine rings is 1. The topological polar surface area (TPSA) is 52.7 Å². The number of carbonyl (C=O) groups is 2. The van der Waals surface area contributed by atoms with E-state index in [9.17, 15) is 14.0 Å². The quantitative estimate of drug-likeness (QED) is 0.883. The molecule has 6 heteroatoms. The van der Waals surface area contributed by atoms with Crippen molar-refractivity contribution >= 4 is 23.2 Å². The lowest BCUT2D eigenvalue weighted by molar-refractivity contribution is -0.117. The average molecular weight is 381 g/mol. The highest BCUT2D eigenvalue weighted by atomic mass is 19.1. The van der Waals surface area contributed by atoms with Gasteiger partial charge < -0.3 is 15.1 Å². The van der Waals surface area contributed by atoms with Gasteiger partial charge in [-0.2, -0.15) is 0 Å². The minimum absolute atomic E-state index is 0.0399. The van der Waals surface area contributed by atoms with Crippen LogP contribution in [0.3, 0.4) is 0 Å². The Hall–Kier alpha value is -2.89. The van der Waals surface area contributed by atoms with Crippen molar-refractivity contribution in [3.63, 3.8) is 0 Å². The standard InChI is InChI=1S/C22H24FN3O2/c1-15-14-18(15)21(27)24-17-8-6-16(7-9-17)22(28)26-12-10-25(11-13-26)20-5-3-2-4-19(20)23/h2-9,15,18H,10-14H2,1H3,(H,24,27)/t15-,18-/m0/s1. The van der Waals surface area contributed by atoms with Gasteiger partial charge in [0.05, 0.1) is 5.69 Å². The normalized spacial score (nSPS) is 21.4. The Labute approximate surface area is 164 Å². The van der Waals surface area contributed by atoms with Crippen LogP contribution in [0.25, 0.3) is 0 Å². The number of para-hydroxylation sites is 1. The van der Waals surface area contributed by atoms with Gasteiger partial charge in [-0.25, -0.2) is 4.39 Å². The maximum Gasteiger partial charge on any atom is 0.253 e. The number of carbonyl (C=O) groups excluding carboxylic acids is 2. The second-order valence-electron chi connectivity index (χ2n) is 7.62. The van der Waals surface area contributed by atoms with Crippen LogP contribution in [-0.4, -0.2) is 42.9 Å². The van der Waals surface area contributed by atoms with E-state index in [0.29, 0.717) is 49.0 Å². The summed E-state index contributed by atoms with van der Waals surface area (Å²) in [5.41, 5.74) is 1.89. The molecular formula is C22H24FN3O2. The lowest BCUT2D eigenvalue weighted by atomic mass is 10.1. The second kappa shape index (κ2) is 7.62. The van der Waals surface area contributed by atoms with Crippen LogP contribution in [0.4, 0.5) is 15.8 Å². The molecule has 28 heavy (non-hydrogen) atoms. The fourth-order valence-corrected chi connectivity index (χ4v) is 3.66. The second-order valence-corrected chi connectivity index (χ2v) is 7.62. The average Bonchev–Trinajstić information content (AvgIpc) is 3.45. The van der Waals surface area contributed by atoms with Gasteiger partial charge in [0.15, 0.2) is 0 Å². The fourth-order valence-electron chi connectivity index (χ4n) is 3.66. The zero-order valence-electron chi connectivity index (χ0n) is 15.9. The third kappa shape index (κ3) is 3.86. The maximum absolute atomic E-state index is 13.9. The molecule has 2 aliphatic rings. The van der Waals surface area contributed by atoms with Gasteiger partial charge in [0.2, 0.25) is 5.91 Å². The van der Waals surface area contributed by atoms with Gasteiger partial charge in [0.25, 0.3) is 5.91 Å². The molecule has 5 nitrogen and oxygen atoms in total. The molecule has 1 aliphatic heterocycles. The molecule has 1 heterocycles. The highest BCUT2D eigenvalue weighted by Gasteiger charge is 2.39. The van der Waals surface area contributed by atoms with E-state index < -0.39 is 0 Å². The molecule has 1 aliphatic carbocycles. The van der Waals surface area contributed by atoms with Gasteiger partial charge in [-0.05, 0) is 48.7 Å². The number of halogens is 1. The van der Waals surface area contributed by atoms with Crippen LogP contribution < -0.4 is 10.2 Å². The smallest absolute Gasteiger partial charge is 0.253 e. The minimum Gasteiger partial charge on any atom is -0.366 e. The number of nitrogens with one attached hydrogen (secondary N) is 1. The van der Waals surface area contributed by atoms with Crippen molar-refractivity contribution in [2.75, 3.05) is 36.4 Å². The largest absolute Gasteiger partial charge is 0.366 e. The van der Waals surface area contributed by atoms with Gasteiger partial charge in [-0.15, -0.1) is 0 Å². The molecule has 2 aromatic rings. The number of anilines is 2. The summed E-state index contributed by atoms with van der Waals surface area (Å²) in [6.45, 7) is 4.36. The fraction of sp³-hybridized carbons (Fsp3) is 0.364. The molecule has 2 atom stereocenters. The number of hydrogen-bond donors (Lipinski definition) is 1. The van der Waals surface area contributed by atoms with Gasteiger partial charge in [-0.3, -0.25) is 9.59 Å². The van der Waals surface area contributed by atoms with Crippen LogP contribution in [0.5, 0.6) is 0 Å². The number of nitrogens with zero attached hydrogens (tertiary/aromatic N) is 2. The molecule has 2 fully saturated rings. The van der Waals surface area contributed by atoms with E-state index in [1.807, 2.05) is 11.0 Å². The molecule has 0 unspecified atom stereocenters. The Balaban J connectivity index is 1.33. The molecule has 1 saturated heterocycles. The Morgan fingerprint density at radius 2 is 1.64 bits per heavy atom. The third-order valence-electron chi connectivity index (χ3n) is 5.61. The lowest BCUT2D eigenvalue weighted by Crippen LogP contribution is -2.49. The van der Waals surface area contributed by atoms with Crippen LogP contribution in [0.15, 0.2) is 48.5 Å². The van der Waals surface area contributed by atoms with Crippen molar-refractivity contribution in [3.8, 4) is 0 Å². The van der Waals surface area contributed by atoms with Gasteiger partial charge in [-0.1, -0.05) is 19.1 Å². The van der Waals surface area contributed by atoms with E-state index in [2.05, 4.69) is 12.2 Å². The van der Waals surface area contributed by atoms with Crippen LogP contribution in [0.1, 0.15) is 23.7 Å². The lowest BCUT2D eigenvalue weighted by Gasteiger charge is -2.36. The number of rotatable bonds is 4. The van der Waals surface area contributed by atoms with Crippen molar-refractivity contribution in [2.24, 2.45) is 11.8 Å². The molecule has 4 rings (SSSR count). The summed E-state index contributed by atoms with van der Waals surface area (Å²) in [6.07, 6.45) is 0.946. The Kier molecular flexibility index (Phi) is 5.03. The molecule has 0 bridgehead atoms. The first-order chi connectivity index (χ1) is 13.5. The summed E-state index contributed by atoms with van der Waals surface area (Å²) in [7, 11) is 0. The molecule has 2 aromatic carbocycles. The maximum atomic E-state index is 13.9. The Bertz CT molecular complexity index is 876. The summed E-state index contributed by atoms with van der Waals surface area (Å²) < 4.78 is 13.9. The molecule has 1 saturated carbocycles. The predicted octanol–water partition coefficient (Wildman–Crippen LogP) is 3.38. The summed E-state index contributed by atoms with van der Waals surface area (Å²) in [6, 6.07) is 13.8. The predicted molar refractivity (Wildman–Crippen MR) is 107 cm³/mol. The highest BCUT2D eigenvalue weighted by molar-refractivity contribution is 5.97. The highest BCUT2D eigenvalue weighted by Crippen LogP contribution is 2.38. The molecule has 1 N–H and O–H groups in total. The first-order valence-corrected chi connectivity index (χ1v) is 9.72. The molecular weight excluding hydrogens is 357 g/mol. The van der Waals surface area contributed by atoms with E-state index in [0.717, 1.165) is 6.42 Å². The van der Waals surface area contributed by atoms with E-state index in [1.165, 1.54) is 6.07 Å². The summed E-state index contributed by atoms with van der Waals surface area (Å²) in [5, 5.41) is 2.90. The van der Waals surface area contributed by atoms with E-state index in [-0.39, 0.29) is 23.5 Å². The number of benzene rings is 2. The third-order valence-corrected chi connectivity index (χ3v) is 5.61. The van der Waals surface area contributed by atoms with Crippen molar-refractivity contribution < 1.29 is 14.0 Å². The van der Waals surface area contributed by atoms with Crippen molar-refractivity contribution in [1.29, 1.82) is 0 Å². The van der Waals surface area contributed by atoms with E-state index >= 15 is 0 Å². The Morgan fingerprint density at radius 1 is 1.00 bits per heavy atom. The van der Waals surface area contributed by atoms with Gasteiger partial charge >= 0.3 is 0 Å². The van der Waals surface area contributed by atoms with Crippen LogP contribution >= 0.6 is 0 Å². The summed E-state index contributed by atoms with van der Waals surface area (Å²) in [5.74, 6) is 0.356. The van der Waals surface area contributed by atoms with Crippen LogP contribution in [-0.2, 0) is 4.79 Å². The zero-order valence-corrected chi connectivity index (χ0v) is 15.9.